The van der Waals surface area contributed by atoms with Gasteiger partial charge < -0.3 is 54.8 Å². The Morgan fingerprint density at radius 3 is 1.66 bits per heavy atom. The zero-order chi connectivity index (χ0) is 49.9. The van der Waals surface area contributed by atoms with Gasteiger partial charge in [0.1, 0.15) is 43.2 Å². The molecule has 1 saturated carbocycles. The minimum absolute atomic E-state index is 0.0250. The summed E-state index contributed by atoms with van der Waals surface area (Å²) >= 11 is 0. The first-order chi connectivity index (χ1) is 31.9. The number of aliphatic hydroxyl groups is 6. The van der Waals surface area contributed by atoms with Crippen molar-refractivity contribution in [2.24, 2.45) is 0 Å². The molecule has 0 aromatic rings. The Balaban J connectivity index is 2.71. The molecule has 67 heavy (non-hydrogen) atoms. The van der Waals surface area contributed by atoms with E-state index in [-0.39, 0.29) is 25.7 Å². The fourth-order valence-electron chi connectivity index (χ4n) is 6.68. The van der Waals surface area contributed by atoms with Gasteiger partial charge in [0, 0.05) is 12.8 Å². The number of rotatable bonds is 38. The minimum atomic E-state index is -5.39. The van der Waals surface area contributed by atoms with Gasteiger partial charge in [0.25, 0.3) is 0 Å². The normalized spacial score (nSPS) is 23.0. The number of unbranched alkanes of at least 4 members (excludes halogenated alkanes) is 10. The fourth-order valence-corrected chi connectivity index (χ4v) is 8.22. The second-order valence-corrected chi connectivity index (χ2v) is 19.1. The number of esters is 2. The summed E-state index contributed by atoms with van der Waals surface area (Å²) in [6, 6.07) is 0. The number of carbonyl (C=O) groups excluding carboxylic acids is 2. The van der Waals surface area contributed by atoms with Crippen LogP contribution in [0.2, 0.25) is 0 Å². The average molecular weight is 995 g/mol. The van der Waals surface area contributed by atoms with Crippen molar-refractivity contribution in [1.29, 1.82) is 0 Å². The van der Waals surface area contributed by atoms with Crippen LogP contribution in [0.15, 0.2) is 72.9 Å². The predicted octanol–water partition coefficient (Wildman–Crippen LogP) is 6.78. The largest absolute Gasteiger partial charge is 0.472 e. The second kappa shape index (κ2) is 37.2. The van der Waals surface area contributed by atoms with Crippen LogP contribution in [-0.4, -0.2) is 125 Å². The molecular formula is C47H80O18P2. The maximum atomic E-state index is 13.0. The summed E-state index contributed by atoms with van der Waals surface area (Å²) in [5.74, 6) is -1.46. The van der Waals surface area contributed by atoms with Crippen LogP contribution in [0.1, 0.15) is 142 Å². The lowest BCUT2D eigenvalue weighted by Gasteiger charge is -2.43. The number of allylic oxidation sites excluding steroid dienone is 10. The van der Waals surface area contributed by atoms with E-state index in [4.69, 9.17) is 18.5 Å². The maximum absolute atomic E-state index is 13.0. The van der Waals surface area contributed by atoms with Gasteiger partial charge in [0.2, 0.25) is 0 Å². The molecule has 0 heterocycles. The fraction of sp³-hybridized carbons (Fsp3) is 0.702. The van der Waals surface area contributed by atoms with Crippen molar-refractivity contribution in [2.45, 2.75) is 197 Å². The van der Waals surface area contributed by atoms with E-state index in [1.54, 1.807) is 24.3 Å². The Labute approximate surface area is 397 Å². The third kappa shape index (κ3) is 32.0. The number of hydrogen-bond donors (Lipinski definition) is 9. The molecule has 1 fully saturated rings. The van der Waals surface area contributed by atoms with E-state index in [2.05, 4.69) is 42.7 Å². The van der Waals surface area contributed by atoms with Crippen molar-refractivity contribution in [3.05, 3.63) is 72.9 Å². The van der Waals surface area contributed by atoms with E-state index in [9.17, 15) is 64.0 Å². The molecule has 386 valence electrons. The number of aliphatic hydroxyl groups excluding tert-OH is 6. The summed E-state index contributed by atoms with van der Waals surface area (Å²) in [7, 11) is -10.8. The van der Waals surface area contributed by atoms with E-state index >= 15 is 0 Å². The van der Waals surface area contributed by atoms with Crippen LogP contribution in [0.25, 0.3) is 0 Å². The van der Waals surface area contributed by atoms with Crippen molar-refractivity contribution in [3.63, 3.8) is 0 Å². The Kier molecular flexibility index (Phi) is 34.7. The molecule has 0 aromatic carbocycles. The van der Waals surface area contributed by atoms with Crippen LogP contribution in [0.3, 0.4) is 0 Å². The number of ether oxygens (including phenoxy) is 2. The topological polar surface area (TPSA) is 296 Å². The molecular weight excluding hydrogens is 914 g/mol. The number of phosphoric acid groups is 2. The van der Waals surface area contributed by atoms with Crippen LogP contribution in [0.5, 0.6) is 0 Å². The smallest absolute Gasteiger partial charge is 0.462 e. The van der Waals surface area contributed by atoms with Crippen molar-refractivity contribution in [3.8, 4) is 0 Å². The summed E-state index contributed by atoms with van der Waals surface area (Å²) in [6.07, 6.45) is 22.0. The van der Waals surface area contributed by atoms with Gasteiger partial charge in [-0.1, -0.05) is 138 Å². The lowest BCUT2D eigenvalue weighted by atomic mass is 9.85. The lowest BCUT2D eigenvalue weighted by Crippen LogP contribution is -2.64. The summed E-state index contributed by atoms with van der Waals surface area (Å²) in [5.41, 5.74) is 0. The first-order valence-electron chi connectivity index (χ1n) is 23.7. The van der Waals surface area contributed by atoms with Crippen LogP contribution in [0.4, 0.5) is 0 Å². The molecule has 5 unspecified atom stereocenters. The first-order valence-corrected chi connectivity index (χ1v) is 26.7. The Morgan fingerprint density at radius 1 is 0.552 bits per heavy atom. The van der Waals surface area contributed by atoms with Gasteiger partial charge in [0.05, 0.1) is 18.8 Å². The molecule has 1 aliphatic carbocycles. The lowest BCUT2D eigenvalue weighted by molar-refractivity contribution is -0.216. The van der Waals surface area contributed by atoms with E-state index in [0.29, 0.717) is 12.8 Å². The molecule has 0 aliphatic heterocycles. The Bertz CT molecular complexity index is 1610. The van der Waals surface area contributed by atoms with E-state index in [1.165, 1.54) is 19.3 Å². The van der Waals surface area contributed by atoms with Gasteiger partial charge in [-0.3, -0.25) is 23.2 Å². The van der Waals surface area contributed by atoms with Crippen molar-refractivity contribution >= 4 is 27.6 Å². The highest BCUT2D eigenvalue weighted by atomic mass is 31.2. The van der Waals surface area contributed by atoms with Crippen LogP contribution in [0, 0.1) is 0 Å². The monoisotopic (exact) mass is 994 g/mol. The molecule has 10 atom stereocenters. The quantitative estimate of drug-likeness (QED) is 0.0101. The number of hydrogen-bond acceptors (Lipinski definition) is 15. The third-order valence-corrected chi connectivity index (χ3v) is 12.0. The average Bonchev–Trinajstić information content (AvgIpc) is 3.27. The van der Waals surface area contributed by atoms with Crippen molar-refractivity contribution in [1.82, 2.24) is 0 Å². The molecule has 9 N–H and O–H groups in total. The van der Waals surface area contributed by atoms with Gasteiger partial charge in [-0.15, -0.1) is 0 Å². The SMILES string of the molecule is CCCCC/C=C\C/C=C\CCCCCCCC(=O)O[C@H](COC(=O)CCC[C@@H](O)/C=C/C=C\C/C=C\C=C\[C@@H](O)CCCCC)COP(=O)(O)O[C@H]1C(O)C(O)C(O)[C@@H](OP(=O)(O)O)C1O. The molecule has 0 saturated heterocycles. The summed E-state index contributed by atoms with van der Waals surface area (Å²) in [4.78, 5) is 54.3. The third-order valence-electron chi connectivity index (χ3n) is 10.5. The van der Waals surface area contributed by atoms with Gasteiger partial charge in [-0.25, -0.2) is 9.13 Å². The Morgan fingerprint density at radius 2 is 1.06 bits per heavy atom. The molecule has 20 heteroatoms. The van der Waals surface area contributed by atoms with E-state index in [0.717, 1.165) is 70.6 Å². The standard InChI is InChI=1S/C47H80O18P2/c1-3-5-7-8-9-10-11-12-13-14-15-16-20-23-27-33-41(51)63-39(36-62-67(59,60)65-47-44(54)42(52)43(53)46(45(47)55)64-66(56,57)58)35-61-40(50)34-28-32-38(49)31-26-22-19-17-18-21-25-30-37(48)29-24-6-4-2/h9-10,12-13,18-19,21-22,25-26,30-31,37-39,42-49,52-55H,3-8,11,14-17,20,23-24,27-29,32-36H2,1-2H3,(H,59,60)(H2,56,57,58)/b10-9-,13-12-,21-18-,22-19-,30-25+,31-26+/t37-,38-,39+,42?,43?,44?,45?,46+,47-/m0/s1. The zero-order valence-electron chi connectivity index (χ0n) is 39.3. The van der Waals surface area contributed by atoms with Crippen LogP contribution in [-0.2, 0) is 41.8 Å². The van der Waals surface area contributed by atoms with Gasteiger partial charge in [-0.2, -0.15) is 0 Å². The number of carbonyl (C=O) groups is 2. The van der Waals surface area contributed by atoms with Crippen LogP contribution >= 0.6 is 15.6 Å². The van der Waals surface area contributed by atoms with Crippen molar-refractivity contribution in [2.75, 3.05) is 13.2 Å². The summed E-state index contributed by atoms with van der Waals surface area (Å²) in [5, 5.41) is 61.4. The van der Waals surface area contributed by atoms with Gasteiger partial charge in [-0.05, 0) is 64.2 Å². The van der Waals surface area contributed by atoms with Gasteiger partial charge in [0.15, 0.2) is 6.10 Å². The van der Waals surface area contributed by atoms with E-state index in [1.807, 2.05) is 24.3 Å². The minimum Gasteiger partial charge on any atom is -0.462 e. The molecule has 1 rings (SSSR count). The highest BCUT2D eigenvalue weighted by Crippen LogP contribution is 2.49. The predicted molar refractivity (Wildman–Crippen MR) is 253 cm³/mol. The highest BCUT2D eigenvalue weighted by Gasteiger charge is 2.54. The maximum Gasteiger partial charge on any atom is 0.472 e. The summed E-state index contributed by atoms with van der Waals surface area (Å²) in [6.45, 7) is 2.76. The molecule has 1 aliphatic rings. The van der Waals surface area contributed by atoms with Gasteiger partial charge >= 0.3 is 27.6 Å². The highest BCUT2D eigenvalue weighted by molar-refractivity contribution is 7.47. The van der Waals surface area contributed by atoms with E-state index < -0.39 is 95.7 Å². The molecule has 0 amide bonds. The molecule has 0 radical (unpaired) electrons. The molecule has 0 bridgehead atoms. The van der Waals surface area contributed by atoms with Crippen LogP contribution < -0.4 is 0 Å². The second-order valence-electron chi connectivity index (χ2n) is 16.5. The zero-order valence-corrected chi connectivity index (χ0v) is 41.1. The Hall–Kier alpha value is -2.64. The molecule has 0 spiro atoms. The molecule has 0 aromatic heterocycles. The van der Waals surface area contributed by atoms with Crippen molar-refractivity contribution < 1.29 is 87.1 Å². The first kappa shape index (κ1) is 62.4. The summed E-state index contributed by atoms with van der Waals surface area (Å²) < 4.78 is 49.2. The molecule has 18 nitrogen and oxygen atoms in total. The number of phosphoric ester groups is 2.